The SMILES string of the molecule is COc1ccc(Cl)cc1C(=O)N1CCCN(C(=O)NC(C)(C)C)CC1. The fourth-order valence-electron chi connectivity index (χ4n) is 2.74. The van der Waals surface area contributed by atoms with Gasteiger partial charge >= 0.3 is 6.03 Å². The fraction of sp³-hybridized carbons (Fsp3) is 0.556. The molecular weight excluding hydrogens is 342 g/mol. The molecule has 0 bridgehead atoms. The highest BCUT2D eigenvalue weighted by Crippen LogP contribution is 2.24. The summed E-state index contributed by atoms with van der Waals surface area (Å²) in [6.45, 7) is 8.03. The average molecular weight is 368 g/mol. The van der Waals surface area contributed by atoms with Crippen molar-refractivity contribution in [1.29, 1.82) is 0 Å². The molecule has 2 rings (SSSR count). The van der Waals surface area contributed by atoms with Gasteiger partial charge in [-0.2, -0.15) is 0 Å². The van der Waals surface area contributed by atoms with Crippen molar-refractivity contribution in [2.45, 2.75) is 32.7 Å². The standard InChI is InChI=1S/C18H26ClN3O3/c1-18(2,3)20-17(24)22-9-5-8-21(10-11-22)16(23)14-12-13(19)6-7-15(14)25-4/h6-7,12H,5,8-11H2,1-4H3,(H,20,24). The Labute approximate surface area is 154 Å². The number of rotatable bonds is 2. The fourth-order valence-corrected chi connectivity index (χ4v) is 2.91. The molecule has 1 saturated heterocycles. The molecule has 6 nitrogen and oxygen atoms in total. The van der Waals surface area contributed by atoms with E-state index in [1.54, 1.807) is 28.0 Å². The molecule has 1 aromatic rings. The monoisotopic (exact) mass is 367 g/mol. The molecular formula is C18H26ClN3O3. The van der Waals surface area contributed by atoms with Crippen LogP contribution in [0, 0.1) is 0 Å². The Balaban J connectivity index is 2.07. The van der Waals surface area contributed by atoms with Gasteiger partial charge in [0.1, 0.15) is 5.75 Å². The lowest BCUT2D eigenvalue weighted by atomic mass is 10.1. The van der Waals surface area contributed by atoms with Gasteiger partial charge in [0.15, 0.2) is 0 Å². The smallest absolute Gasteiger partial charge is 0.317 e. The minimum Gasteiger partial charge on any atom is -0.496 e. The summed E-state index contributed by atoms with van der Waals surface area (Å²) in [7, 11) is 1.53. The summed E-state index contributed by atoms with van der Waals surface area (Å²) in [5.41, 5.74) is 0.162. The minimum atomic E-state index is -0.285. The van der Waals surface area contributed by atoms with Gasteiger partial charge in [0.2, 0.25) is 0 Å². The third-order valence-corrected chi connectivity index (χ3v) is 4.18. The van der Waals surface area contributed by atoms with Crippen LogP contribution in [0.4, 0.5) is 4.79 Å². The van der Waals surface area contributed by atoms with Gasteiger partial charge in [0.25, 0.3) is 5.91 Å². The molecule has 1 aromatic carbocycles. The third kappa shape index (κ3) is 5.26. The first kappa shape index (κ1) is 19.4. The lowest BCUT2D eigenvalue weighted by Crippen LogP contribution is -2.49. The number of benzene rings is 1. The number of hydrogen-bond acceptors (Lipinski definition) is 3. The van der Waals surface area contributed by atoms with E-state index in [4.69, 9.17) is 16.3 Å². The molecule has 0 unspecified atom stereocenters. The van der Waals surface area contributed by atoms with Crippen molar-refractivity contribution >= 4 is 23.5 Å². The van der Waals surface area contributed by atoms with E-state index in [0.717, 1.165) is 6.42 Å². The molecule has 0 saturated carbocycles. The molecule has 25 heavy (non-hydrogen) atoms. The Hall–Kier alpha value is -1.95. The zero-order valence-corrected chi connectivity index (χ0v) is 16.0. The molecule has 1 fully saturated rings. The molecule has 1 N–H and O–H groups in total. The Morgan fingerprint density at radius 2 is 1.76 bits per heavy atom. The van der Waals surface area contributed by atoms with Crippen molar-refractivity contribution in [3.63, 3.8) is 0 Å². The first-order valence-corrected chi connectivity index (χ1v) is 8.79. The molecule has 1 heterocycles. The van der Waals surface area contributed by atoms with E-state index in [0.29, 0.717) is 42.5 Å². The number of nitrogens with zero attached hydrogens (tertiary/aromatic N) is 2. The normalized spacial score (nSPS) is 15.6. The first-order valence-electron chi connectivity index (χ1n) is 8.41. The second kappa shape index (κ2) is 7.95. The number of amides is 3. The highest BCUT2D eigenvalue weighted by molar-refractivity contribution is 6.31. The van der Waals surface area contributed by atoms with E-state index in [2.05, 4.69) is 5.32 Å². The number of carbonyl (C=O) groups excluding carboxylic acids is 2. The van der Waals surface area contributed by atoms with Crippen LogP contribution in [0.2, 0.25) is 5.02 Å². The molecule has 138 valence electrons. The lowest BCUT2D eigenvalue weighted by molar-refractivity contribution is 0.0758. The maximum atomic E-state index is 12.9. The highest BCUT2D eigenvalue weighted by Gasteiger charge is 2.26. The van der Waals surface area contributed by atoms with Crippen molar-refractivity contribution in [1.82, 2.24) is 15.1 Å². The average Bonchev–Trinajstić information content (AvgIpc) is 2.78. The summed E-state index contributed by atoms with van der Waals surface area (Å²) in [4.78, 5) is 28.7. The summed E-state index contributed by atoms with van der Waals surface area (Å²) in [6, 6.07) is 4.91. The maximum Gasteiger partial charge on any atom is 0.317 e. The molecule has 0 aromatic heterocycles. The number of urea groups is 1. The predicted octanol–water partition coefficient (Wildman–Crippen LogP) is 3.00. The summed E-state index contributed by atoms with van der Waals surface area (Å²) >= 11 is 6.03. The van der Waals surface area contributed by atoms with Crippen LogP contribution in [0.1, 0.15) is 37.6 Å². The maximum absolute atomic E-state index is 12.9. The second-order valence-corrected chi connectivity index (χ2v) is 7.59. The van der Waals surface area contributed by atoms with E-state index >= 15 is 0 Å². The van der Waals surface area contributed by atoms with Crippen LogP contribution >= 0.6 is 11.6 Å². The number of methoxy groups -OCH3 is 1. The Bertz CT molecular complexity index is 643. The predicted molar refractivity (Wildman–Crippen MR) is 98.4 cm³/mol. The van der Waals surface area contributed by atoms with Crippen LogP contribution in [-0.2, 0) is 0 Å². The molecule has 0 aliphatic carbocycles. The van der Waals surface area contributed by atoms with E-state index in [1.165, 1.54) is 7.11 Å². The van der Waals surface area contributed by atoms with Crippen molar-refractivity contribution in [2.75, 3.05) is 33.3 Å². The lowest BCUT2D eigenvalue weighted by Gasteiger charge is -2.27. The summed E-state index contributed by atoms with van der Waals surface area (Å²) in [5.74, 6) is 0.374. The molecule has 1 aliphatic rings. The van der Waals surface area contributed by atoms with Crippen molar-refractivity contribution < 1.29 is 14.3 Å². The highest BCUT2D eigenvalue weighted by atomic mass is 35.5. The quantitative estimate of drug-likeness (QED) is 0.874. The number of hydrogen-bond donors (Lipinski definition) is 1. The van der Waals surface area contributed by atoms with Crippen LogP contribution in [0.15, 0.2) is 18.2 Å². The topological polar surface area (TPSA) is 61.9 Å². The van der Waals surface area contributed by atoms with Crippen LogP contribution in [0.3, 0.4) is 0 Å². The second-order valence-electron chi connectivity index (χ2n) is 7.16. The van der Waals surface area contributed by atoms with Gasteiger partial charge in [-0.25, -0.2) is 4.79 Å². The van der Waals surface area contributed by atoms with Crippen molar-refractivity contribution in [3.8, 4) is 5.75 Å². The Morgan fingerprint density at radius 1 is 1.12 bits per heavy atom. The molecule has 7 heteroatoms. The van der Waals surface area contributed by atoms with E-state index < -0.39 is 0 Å². The zero-order valence-electron chi connectivity index (χ0n) is 15.3. The molecule has 1 aliphatic heterocycles. The van der Waals surface area contributed by atoms with Crippen LogP contribution in [-0.4, -0.2) is 60.6 Å². The summed E-state index contributed by atoms with van der Waals surface area (Å²) < 4.78 is 5.28. The van der Waals surface area contributed by atoms with E-state index in [1.807, 2.05) is 20.8 Å². The van der Waals surface area contributed by atoms with E-state index in [9.17, 15) is 9.59 Å². The van der Waals surface area contributed by atoms with Gasteiger partial charge in [-0.3, -0.25) is 4.79 Å². The summed E-state index contributed by atoms with van der Waals surface area (Å²) in [6.07, 6.45) is 0.728. The Morgan fingerprint density at radius 3 is 2.40 bits per heavy atom. The van der Waals surface area contributed by atoms with Crippen molar-refractivity contribution in [3.05, 3.63) is 28.8 Å². The number of ether oxygens (including phenoxy) is 1. The largest absolute Gasteiger partial charge is 0.496 e. The number of halogens is 1. The van der Waals surface area contributed by atoms with Crippen LogP contribution < -0.4 is 10.1 Å². The van der Waals surface area contributed by atoms with Gasteiger partial charge in [0.05, 0.1) is 12.7 Å². The molecule has 3 amide bonds. The molecule has 0 atom stereocenters. The zero-order chi connectivity index (χ0) is 18.6. The minimum absolute atomic E-state index is 0.0952. The first-order chi connectivity index (χ1) is 11.7. The third-order valence-electron chi connectivity index (χ3n) is 3.94. The number of nitrogens with one attached hydrogen (secondary N) is 1. The van der Waals surface area contributed by atoms with E-state index in [-0.39, 0.29) is 17.5 Å². The van der Waals surface area contributed by atoms with Crippen molar-refractivity contribution in [2.24, 2.45) is 0 Å². The summed E-state index contributed by atoms with van der Waals surface area (Å²) in [5, 5.41) is 3.46. The van der Waals surface area contributed by atoms with Gasteiger partial charge in [-0.1, -0.05) is 11.6 Å². The van der Waals surface area contributed by atoms with Gasteiger partial charge in [-0.15, -0.1) is 0 Å². The van der Waals surface area contributed by atoms with Gasteiger partial charge < -0.3 is 19.9 Å². The van der Waals surface area contributed by atoms with Crippen LogP contribution in [0.25, 0.3) is 0 Å². The molecule has 0 radical (unpaired) electrons. The molecule has 0 spiro atoms. The van der Waals surface area contributed by atoms with Crippen LogP contribution in [0.5, 0.6) is 5.75 Å². The van der Waals surface area contributed by atoms with Gasteiger partial charge in [-0.05, 0) is 45.4 Å². The van der Waals surface area contributed by atoms with Gasteiger partial charge in [0, 0.05) is 36.7 Å². The Kier molecular flexibility index (Phi) is 6.16. The number of carbonyl (C=O) groups is 2.